The van der Waals surface area contributed by atoms with Crippen LogP contribution in [0, 0.1) is 20.8 Å². The van der Waals surface area contributed by atoms with Crippen molar-refractivity contribution >= 4 is 35.0 Å². The minimum Gasteiger partial charge on any atom is -0.469 e. The van der Waals surface area contributed by atoms with Gasteiger partial charge in [0.25, 0.3) is 0 Å². The van der Waals surface area contributed by atoms with Gasteiger partial charge in [-0.1, -0.05) is 47.6 Å². The van der Waals surface area contributed by atoms with Gasteiger partial charge in [0, 0.05) is 5.69 Å². The Kier molecular flexibility index (Phi) is 6.15. The Labute approximate surface area is 189 Å². The van der Waals surface area contributed by atoms with Crippen molar-refractivity contribution < 1.29 is 9.21 Å². The average molecular weight is 453 g/mol. The maximum atomic E-state index is 12.6. The number of benzene rings is 2. The van der Waals surface area contributed by atoms with Gasteiger partial charge in [-0.05, 0) is 56.2 Å². The molecule has 0 aliphatic heterocycles. The largest absolute Gasteiger partial charge is 0.469 e. The molecule has 0 unspecified atom stereocenters. The molecule has 2 aromatic carbocycles. The zero-order chi connectivity index (χ0) is 22.0. The molecule has 31 heavy (non-hydrogen) atoms. The van der Waals surface area contributed by atoms with Gasteiger partial charge in [-0.2, -0.15) is 0 Å². The summed E-state index contributed by atoms with van der Waals surface area (Å²) in [7, 11) is 0. The average Bonchev–Trinajstić information content (AvgIpc) is 3.35. The lowest BCUT2D eigenvalue weighted by molar-refractivity contribution is -0.113. The molecule has 158 valence electrons. The van der Waals surface area contributed by atoms with Crippen molar-refractivity contribution in [2.45, 2.75) is 25.9 Å². The van der Waals surface area contributed by atoms with Crippen LogP contribution in [0.1, 0.15) is 16.9 Å². The molecule has 0 aliphatic rings. The Morgan fingerprint density at radius 1 is 1.13 bits per heavy atom. The van der Waals surface area contributed by atoms with Crippen LogP contribution in [0.2, 0.25) is 5.02 Å². The van der Waals surface area contributed by atoms with Gasteiger partial charge < -0.3 is 9.73 Å². The number of thioether (sulfide) groups is 1. The quantitative estimate of drug-likeness (QED) is 0.372. The second kappa shape index (κ2) is 8.99. The Bertz CT molecular complexity index is 1210. The normalized spacial score (nSPS) is 11.0. The first kappa shape index (κ1) is 21.2. The monoisotopic (exact) mass is 452 g/mol. The molecule has 4 rings (SSSR count). The van der Waals surface area contributed by atoms with E-state index in [1.165, 1.54) is 11.8 Å². The van der Waals surface area contributed by atoms with Crippen molar-refractivity contribution in [2.75, 3.05) is 11.1 Å². The fourth-order valence-corrected chi connectivity index (χ4v) is 4.46. The topological polar surface area (TPSA) is 73.0 Å². The number of halogens is 1. The lowest BCUT2D eigenvalue weighted by atomic mass is 10.1. The SMILES string of the molecule is Cc1cc(C)c(NC(=O)CSc2nnc(-c3ccoc3C)n2-c2ccccc2)c(Cl)c1. The van der Waals surface area contributed by atoms with E-state index >= 15 is 0 Å². The summed E-state index contributed by atoms with van der Waals surface area (Å²) in [6.45, 7) is 5.77. The predicted molar refractivity (Wildman–Crippen MR) is 124 cm³/mol. The van der Waals surface area contributed by atoms with E-state index in [4.69, 9.17) is 16.0 Å². The number of para-hydroxylation sites is 1. The van der Waals surface area contributed by atoms with Crippen LogP contribution < -0.4 is 5.32 Å². The van der Waals surface area contributed by atoms with E-state index in [1.54, 1.807) is 6.26 Å². The summed E-state index contributed by atoms with van der Waals surface area (Å²) >= 11 is 7.63. The van der Waals surface area contributed by atoms with Crippen molar-refractivity contribution in [3.8, 4) is 17.1 Å². The molecular formula is C23H21ClN4O2S. The zero-order valence-electron chi connectivity index (χ0n) is 17.3. The lowest BCUT2D eigenvalue weighted by Crippen LogP contribution is -2.16. The van der Waals surface area contributed by atoms with Gasteiger partial charge in [0.2, 0.25) is 5.91 Å². The van der Waals surface area contributed by atoms with Crippen LogP contribution in [0.15, 0.2) is 64.4 Å². The first-order chi connectivity index (χ1) is 14.9. The van der Waals surface area contributed by atoms with Crippen LogP contribution in [0.4, 0.5) is 5.69 Å². The smallest absolute Gasteiger partial charge is 0.234 e. The molecule has 1 amide bonds. The highest BCUT2D eigenvalue weighted by Crippen LogP contribution is 2.31. The molecule has 8 heteroatoms. The van der Waals surface area contributed by atoms with E-state index < -0.39 is 0 Å². The summed E-state index contributed by atoms with van der Waals surface area (Å²) in [5.74, 6) is 1.42. The zero-order valence-corrected chi connectivity index (χ0v) is 18.9. The first-order valence-corrected chi connectivity index (χ1v) is 11.0. The highest BCUT2D eigenvalue weighted by molar-refractivity contribution is 7.99. The van der Waals surface area contributed by atoms with Crippen molar-refractivity contribution in [1.82, 2.24) is 14.8 Å². The first-order valence-electron chi connectivity index (χ1n) is 9.68. The maximum absolute atomic E-state index is 12.6. The molecule has 2 heterocycles. The second-order valence-electron chi connectivity index (χ2n) is 7.14. The number of anilines is 1. The van der Waals surface area contributed by atoms with E-state index in [2.05, 4.69) is 15.5 Å². The summed E-state index contributed by atoms with van der Waals surface area (Å²) in [5, 5.41) is 12.8. The number of carbonyl (C=O) groups is 1. The van der Waals surface area contributed by atoms with Gasteiger partial charge in [-0.3, -0.25) is 9.36 Å². The number of hydrogen-bond donors (Lipinski definition) is 1. The fourth-order valence-electron chi connectivity index (χ4n) is 3.34. The Morgan fingerprint density at radius 3 is 2.58 bits per heavy atom. The number of rotatable bonds is 6. The number of carbonyl (C=O) groups excluding carboxylic acids is 1. The number of amides is 1. The van der Waals surface area contributed by atoms with Crippen LogP contribution in [-0.4, -0.2) is 26.4 Å². The molecule has 4 aromatic rings. The number of nitrogens with zero attached hydrogens (tertiary/aromatic N) is 3. The highest BCUT2D eigenvalue weighted by Gasteiger charge is 2.20. The molecule has 0 atom stereocenters. The van der Waals surface area contributed by atoms with E-state index in [1.807, 2.05) is 73.9 Å². The lowest BCUT2D eigenvalue weighted by Gasteiger charge is -2.12. The van der Waals surface area contributed by atoms with E-state index in [0.29, 0.717) is 21.7 Å². The Balaban J connectivity index is 1.59. The van der Waals surface area contributed by atoms with Crippen molar-refractivity contribution in [3.63, 3.8) is 0 Å². The van der Waals surface area contributed by atoms with Crippen LogP contribution in [0.3, 0.4) is 0 Å². The van der Waals surface area contributed by atoms with Gasteiger partial charge in [0.15, 0.2) is 11.0 Å². The summed E-state index contributed by atoms with van der Waals surface area (Å²) in [4.78, 5) is 12.6. The molecule has 0 spiro atoms. The molecule has 1 N–H and O–H groups in total. The third kappa shape index (κ3) is 4.52. The molecule has 0 bridgehead atoms. The van der Waals surface area contributed by atoms with Gasteiger partial charge in [-0.25, -0.2) is 0 Å². The number of aromatic nitrogens is 3. The third-order valence-corrected chi connectivity index (χ3v) is 6.00. The standard InChI is InChI=1S/C23H21ClN4O2S/c1-14-11-15(2)21(19(24)12-14)25-20(29)13-31-23-27-26-22(18-9-10-30-16(18)3)28(23)17-7-5-4-6-8-17/h4-12H,13H2,1-3H3,(H,25,29). The van der Waals surface area contributed by atoms with Gasteiger partial charge in [-0.15, -0.1) is 10.2 Å². The molecular weight excluding hydrogens is 432 g/mol. The van der Waals surface area contributed by atoms with Crippen molar-refractivity contribution in [3.05, 3.63) is 76.7 Å². The minimum atomic E-state index is -0.164. The molecule has 0 radical (unpaired) electrons. The number of hydrogen-bond acceptors (Lipinski definition) is 5. The molecule has 0 fully saturated rings. The molecule has 6 nitrogen and oxygen atoms in total. The van der Waals surface area contributed by atoms with Crippen molar-refractivity contribution in [1.29, 1.82) is 0 Å². The third-order valence-electron chi connectivity index (χ3n) is 4.78. The van der Waals surface area contributed by atoms with Crippen molar-refractivity contribution in [2.24, 2.45) is 0 Å². The number of furan rings is 1. The van der Waals surface area contributed by atoms with Gasteiger partial charge in [0.1, 0.15) is 5.76 Å². The maximum Gasteiger partial charge on any atom is 0.234 e. The predicted octanol–water partition coefficient (Wildman–Crippen LogP) is 5.84. The van der Waals surface area contributed by atoms with Gasteiger partial charge in [0.05, 0.1) is 28.3 Å². The van der Waals surface area contributed by atoms with E-state index in [-0.39, 0.29) is 11.7 Å². The van der Waals surface area contributed by atoms with Gasteiger partial charge >= 0.3 is 0 Å². The molecule has 2 aromatic heterocycles. The van der Waals surface area contributed by atoms with E-state index in [9.17, 15) is 4.79 Å². The summed E-state index contributed by atoms with van der Waals surface area (Å²) in [6.07, 6.45) is 1.63. The minimum absolute atomic E-state index is 0.164. The highest BCUT2D eigenvalue weighted by atomic mass is 35.5. The van der Waals surface area contributed by atoms with Crippen LogP contribution >= 0.6 is 23.4 Å². The molecule has 0 saturated heterocycles. The Morgan fingerprint density at radius 2 is 1.90 bits per heavy atom. The summed E-state index contributed by atoms with van der Waals surface area (Å²) < 4.78 is 7.38. The number of nitrogens with one attached hydrogen (secondary N) is 1. The fraction of sp³-hybridized carbons (Fsp3) is 0.174. The molecule has 0 saturated carbocycles. The second-order valence-corrected chi connectivity index (χ2v) is 8.49. The summed E-state index contributed by atoms with van der Waals surface area (Å²) in [6, 6.07) is 15.5. The Hall–Kier alpha value is -3.03. The molecule has 0 aliphatic carbocycles. The summed E-state index contributed by atoms with van der Waals surface area (Å²) in [5.41, 5.74) is 4.37. The van der Waals surface area contributed by atoms with Crippen LogP contribution in [0.5, 0.6) is 0 Å². The number of aryl methyl sites for hydroxylation is 3. The van der Waals surface area contributed by atoms with Crippen LogP contribution in [0.25, 0.3) is 17.1 Å². The van der Waals surface area contributed by atoms with Crippen LogP contribution in [-0.2, 0) is 4.79 Å². The van der Waals surface area contributed by atoms with E-state index in [0.717, 1.165) is 28.1 Å².